The maximum absolute atomic E-state index is 6.78. The van der Waals surface area contributed by atoms with E-state index in [-0.39, 0.29) is 12.2 Å². The summed E-state index contributed by atoms with van der Waals surface area (Å²) in [7, 11) is 1.59. The lowest BCUT2D eigenvalue weighted by Gasteiger charge is -2.47. The van der Waals surface area contributed by atoms with E-state index in [0.717, 1.165) is 11.1 Å². The van der Waals surface area contributed by atoms with E-state index in [1.54, 1.807) is 7.11 Å². The van der Waals surface area contributed by atoms with Gasteiger partial charge >= 0.3 is 0 Å². The molecule has 0 N–H and O–H groups in total. The maximum atomic E-state index is 6.78. The fourth-order valence-corrected chi connectivity index (χ4v) is 3.86. The van der Waals surface area contributed by atoms with E-state index in [1.165, 1.54) is 0 Å². The molecule has 2 aromatic rings. The number of rotatable bonds is 5. The van der Waals surface area contributed by atoms with Crippen molar-refractivity contribution in [1.82, 2.24) is 0 Å². The van der Waals surface area contributed by atoms with Crippen LogP contribution in [0.25, 0.3) is 0 Å². The Kier molecular flexibility index (Phi) is 6.08. The molecule has 2 aliphatic heterocycles. The molecule has 2 aromatic carbocycles. The number of alkyl halides is 1. The van der Waals surface area contributed by atoms with Crippen molar-refractivity contribution in [3.8, 4) is 0 Å². The predicted molar refractivity (Wildman–Crippen MR) is 100 cm³/mol. The molecule has 5 nitrogen and oxygen atoms in total. The van der Waals surface area contributed by atoms with Gasteiger partial charge in [-0.3, -0.25) is 0 Å². The molecule has 4 rings (SSSR count). The molecular formula is C21H23ClO5. The van der Waals surface area contributed by atoms with Crippen molar-refractivity contribution in [2.24, 2.45) is 0 Å². The quantitative estimate of drug-likeness (QED) is 0.729. The molecule has 2 saturated heterocycles. The Bertz CT molecular complexity index is 707. The zero-order valence-electron chi connectivity index (χ0n) is 15.1. The Morgan fingerprint density at radius 2 is 1.70 bits per heavy atom. The number of halogens is 1. The van der Waals surface area contributed by atoms with E-state index < -0.39 is 24.1 Å². The first-order valence-electron chi connectivity index (χ1n) is 9.06. The van der Waals surface area contributed by atoms with E-state index >= 15 is 0 Å². The SMILES string of the molecule is CO[C@H]1O[C@@H]2COC(c3ccccc3)O[C@H]2[C@@H](Cl)[C@@H]1OCc1ccccc1. The van der Waals surface area contributed by atoms with Crippen LogP contribution in [0.1, 0.15) is 17.4 Å². The summed E-state index contributed by atoms with van der Waals surface area (Å²) in [6.45, 7) is 0.812. The Morgan fingerprint density at radius 3 is 2.41 bits per heavy atom. The number of methoxy groups -OCH3 is 1. The molecule has 6 heteroatoms. The average molecular weight is 391 g/mol. The van der Waals surface area contributed by atoms with Gasteiger partial charge in [0, 0.05) is 12.7 Å². The second-order valence-corrected chi connectivity index (χ2v) is 7.16. The van der Waals surface area contributed by atoms with E-state index in [0.29, 0.717) is 13.2 Å². The minimum Gasteiger partial charge on any atom is -0.367 e. The molecule has 0 amide bonds. The molecule has 0 aromatic heterocycles. The molecule has 27 heavy (non-hydrogen) atoms. The third-order valence-corrected chi connectivity index (χ3v) is 5.35. The molecule has 2 aliphatic rings. The lowest BCUT2D eigenvalue weighted by atomic mass is 10.00. The summed E-state index contributed by atoms with van der Waals surface area (Å²) in [5, 5.41) is -0.424. The van der Waals surface area contributed by atoms with Gasteiger partial charge in [0.15, 0.2) is 12.6 Å². The first-order valence-corrected chi connectivity index (χ1v) is 9.50. The van der Waals surface area contributed by atoms with Crippen molar-refractivity contribution in [3.63, 3.8) is 0 Å². The highest BCUT2D eigenvalue weighted by Gasteiger charge is 2.50. The summed E-state index contributed by atoms with van der Waals surface area (Å²) >= 11 is 6.78. The van der Waals surface area contributed by atoms with Gasteiger partial charge in [-0.25, -0.2) is 0 Å². The standard InChI is InChI=1S/C21H23ClO5/c1-23-21-19(24-12-14-8-4-2-5-9-14)17(22)18-16(26-21)13-25-20(27-18)15-10-6-3-7-11-15/h2-11,16-21H,12-13H2,1H3/t16-,17-,18-,19+,20?,21+/m1/s1. The van der Waals surface area contributed by atoms with E-state index in [9.17, 15) is 0 Å². The first kappa shape index (κ1) is 18.9. The van der Waals surface area contributed by atoms with Crippen molar-refractivity contribution in [2.45, 2.75) is 42.9 Å². The summed E-state index contributed by atoms with van der Waals surface area (Å²) in [6, 6.07) is 19.8. The molecule has 2 fully saturated rings. The van der Waals surface area contributed by atoms with Crippen molar-refractivity contribution < 1.29 is 23.7 Å². The number of ether oxygens (including phenoxy) is 5. The molecule has 144 valence electrons. The van der Waals surface area contributed by atoms with Crippen LogP contribution in [0.5, 0.6) is 0 Å². The summed E-state index contributed by atoms with van der Waals surface area (Å²) in [5.74, 6) is 0. The molecule has 6 atom stereocenters. The van der Waals surface area contributed by atoms with Gasteiger partial charge in [0.05, 0.1) is 18.6 Å². The maximum Gasteiger partial charge on any atom is 0.185 e. The Hall–Kier alpha value is -1.47. The van der Waals surface area contributed by atoms with Gasteiger partial charge < -0.3 is 23.7 Å². The van der Waals surface area contributed by atoms with Gasteiger partial charge in [0.2, 0.25) is 0 Å². The number of benzene rings is 2. The second-order valence-electron chi connectivity index (χ2n) is 6.66. The lowest BCUT2D eigenvalue weighted by molar-refractivity contribution is -0.336. The van der Waals surface area contributed by atoms with Gasteiger partial charge in [-0.15, -0.1) is 11.6 Å². The van der Waals surface area contributed by atoms with Crippen LogP contribution in [-0.4, -0.2) is 43.7 Å². The molecule has 1 unspecified atom stereocenters. The highest BCUT2D eigenvalue weighted by atomic mass is 35.5. The summed E-state index contributed by atoms with van der Waals surface area (Å²) in [5.41, 5.74) is 2.02. The van der Waals surface area contributed by atoms with Crippen LogP contribution in [0.2, 0.25) is 0 Å². The normalized spacial score (nSPS) is 33.4. The van der Waals surface area contributed by atoms with Gasteiger partial charge in [-0.2, -0.15) is 0 Å². The van der Waals surface area contributed by atoms with Crippen LogP contribution in [-0.2, 0) is 30.3 Å². The number of hydrogen-bond donors (Lipinski definition) is 0. The first-order chi connectivity index (χ1) is 13.3. The van der Waals surface area contributed by atoms with Crippen LogP contribution in [0.4, 0.5) is 0 Å². The molecule has 2 heterocycles. The number of hydrogen-bond acceptors (Lipinski definition) is 5. The molecule has 0 radical (unpaired) electrons. The topological polar surface area (TPSA) is 46.2 Å². The summed E-state index contributed by atoms with van der Waals surface area (Å²) in [6.07, 6.45) is -2.14. The van der Waals surface area contributed by atoms with Crippen molar-refractivity contribution in [1.29, 1.82) is 0 Å². The highest BCUT2D eigenvalue weighted by Crippen LogP contribution is 2.37. The smallest absolute Gasteiger partial charge is 0.185 e. The third-order valence-electron chi connectivity index (χ3n) is 4.85. The summed E-state index contributed by atoms with van der Waals surface area (Å²) in [4.78, 5) is 0. The van der Waals surface area contributed by atoms with Gasteiger partial charge in [-0.05, 0) is 5.56 Å². The van der Waals surface area contributed by atoms with E-state index in [2.05, 4.69) is 0 Å². The van der Waals surface area contributed by atoms with Crippen LogP contribution in [0.15, 0.2) is 60.7 Å². The van der Waals surface area contributed by atoms with Crippen LogP contribution < -0.4 is 0 Å². The van der Waals surface area contributed by atoms with Gasteiger partial charge in [0.25, 0.3) is 0 Å². The Labute approximate surface area is 164 Å². The molecule has 0 saturated carbocycles. The number of fused-ring (bicyclic) bond motifs is 1. The minimum absolute atomic E-state index is 0.297. The fourth-order valence-electron chi connectivity index (χ4n) is 3.44. The van der Waals surface area contributed by atoms with Crippen molar-refractivity contribution in [3.05, 3.63) is 71.8 Å². The minimum atomic E-state index is -0.571. The second kappa shape index (κ2) is 8.69. The van der Waals surface area contributed by atoms with E-state index in [1.807, 2.05) is 60.7 Å². The van der Waals surface area contributed by atoms with Crippen LogP contribution in [0, 0.1) is 0 Å². The Balaban J connectivity index is 1.46. The molecule has 0 bridgehead atoms. The predicted octanol–water partition coefficient (Wildman–Crippen LogP) is 3.66. The zero-order chi connectivity index (χ0) is 18.6. The third kappa shape index (κ3) is 4.19. The largest absolute Gasteiger partial charge is 0.367 e. The molecule has 0 spiro atoms. The fraction of sp³-hybridized carbons (Fsp3) is 0.429. The molecule has 0 aliphatic carbocycles. The lowest BCUT2D eigenvalue weighted by Crippen LogP contribution is -2.60. The van der Waals surface area contributed by atoms with Crippen LogP contribution >= 0.6 is 11.6 Å². The van der Waals surface area contributed by atoms with Crippen molar-refractivity contribution in [2.75, 3.05) is 13.7 Å². The Morgan fingerprint density at radius 1 is 1.00 bits per heavy atom. The highest BCUT2D eigenvalue weighted by molar-refractivity contribution is 6.21. The monoisotopic (exact) mass is 390 g/mol. The average Bonchev–Trinajstić information content (AvgIpc) is 2.74. The van der Waals surface area contributed by atoms with Gasteiger partial charge in [-0.1, -0.05) is 60.7 Å². The summed E-state index contributed by atoms with van der Waals surface area (Å²) < 4.78 is 29.6. The molecular weight excluding hydrogens is 368 g/mol. The van der Waals surface area contributed by atoms with E-state index in [4.69, 9.17) is 35.3 Å². The zero-order valence-corrected chi connectivity index (χ0v) is 15.8. The van der Waals surface area contributed by atoms with Crippen molar-refractivity contribution >= 4 is 11.6 Å². The van der Waals surface area contributed by atoms with Crippen LogP contribution in [0.3, 0.4) is 0 Å². The van der Waals surface area contributed by atoms with Gasteiger partial charge in [0.1, 0.15) is 18.3 Å².